The van der Waals surface area contributed by atoms with Crippen molar-refractivity contribution in [1.82, 2.24) is 15.1 Å². The summed E-state index contributed by atoms with van der Waals surface area (Å²) in [7, 11) is 0. The molecule has 0 fully saturated rings. The summed E-state index contributed by atoms with van der Waals surface area (Å²) in [6.07, 6.45) is 0. The standard InChI is InChI=1S/C17H10ClN3O3/c18-11-5-3-4-10(8-11)15-20-19-14(24-15)9-21-16(22)12-6-1-2-7-13(12)17(21)23/h1-8H,9H2. The number of fused-ring (bicyclic) bond motifs is 1. The van der Waals surface area contributed by atoms with E-state index in [4.69, 9.17) is 16.0 Å². The molecule has 118 valence electrons. The van der Waals surface area contributed by atoms with E-state index in [-0.39, 0.29) is 30.1 Å². The quantitative estimate of drug-likeness (QED) is 0.685. The first-order chi connectivity index (χ1) is 11.6. The van der Waals surface area contributed by atoms with Crippen molar-refractivity contribution in [1.29, 1.82) is 0 Å². The van der Waals surface area contributed by atoms with Gasteiger partial charge in [0.2, 0.25) is 11.8 Å². The minimum absolute atomic E-state index is 0.0695. The van der Waals surface area contributed by atoms with Crippen molar-refractivity contribution in [2.45, 2.75) is 6.54 Å². The van der Waals surface area contributed by atoms with Crippen LogP contribution in [0.2, 0.25) is 5.02 Å². The summed E-state index contributed by atoms with van der Waals surface area (Å²) in [6.45, 7) is -0.0695. The van der Waals surface area contributed by atoms with Gasteiger partial charge in [-0.3, -0.25) is 14.5 Å². The van der Waals surface area contributed by atoms with Gasteiger partial charge in [0, 0.05) is 10.6 Å². The summed E-state index contributed by atoms with van der Waals surface area (Å²) in [5.74, 6) is -0.264. The third-order valence-corrected chi connectivity index (χ3v) is 3.95. The number of aromatic nitrogens is 2. The van der Waals surface area contributed by atoms with Crippen LogP contribution in [0.5, 0.6) is 0 Å². The molecule has 0 aliphatic carbocycles. The highest BCUT2D eigenvalue weighted by Gasteiger charge is 2.36. The predicted molar refractivity (Wildman–Crippen MR) is 85.4 cm³/mol. The average molecular weight is 340 g/mol. The molecule has 2 aromatic carbocycles. The maximum atomic E-state index is 12.3. The van der Waals surface area contributed by atoms with Crippen molar-refractivity contribution in [3.63, 3.8) is 0 Å². The largest absolute Gasteiger partial charge is 0.419 e. The summed E-state index contributed by atoms with van der Waals surface area (Å²) >= 11 is 5.94. The Morgan fingerprint density at radius 3 is 2.33 bits per heavy atom. The van der Waals surface area contributed by atoms with Crippen LogP contribution in [0.15, 0.2) is 52.9 Å². The van der Waals surface area contributed by atoms with Gasteiger partial charge in [0.15, 0.2) is 0 Å². The van der Waals surface area contributed by atoms with Gasteiger partial charge in [-0.1, -0.05) is 29.8 Å². The molecular formula is C17H10ClN3O3. The summed E-state index contributed by atoms with van der Waals surface area (Å²) in [5.41, 5.74) is 1.44. The minimum atomic E-state index is -0.363. The Bertz CT molecular complexity index is 932. The van der Waals surface area contributed by atoms with Crippen LogP contribution in [0.4, 0.5) is 0 Å². The highest BCUT2D eigenvalue weighted by Crippen LogP contribution is 2.25. The SMILES string of the molecule is O=C1c2ccccc2C(=O)N1Cc1nnc(-c2cccc(Cl)c2)o1. The molecule has 1 aromatic heterocycles. The molecule has 2 amide bonds. The predicted octanol–water partition coefficient (Wildman–Crippen LogP) is 3.19. The number of hydrogen-bond acceptors (Lipinski definition) is 5. The van der Waals surface area contributed by atoms with Crippen molar-refractivity contribution < 1.29 is 14.0 Å². The molecule has 2 heterocycles. The molecule has 1 aliphatic rings. The Hall–Kier alpha value is -2.99. The molecule has 0 bridgehead atoms. The third-order valence-electron chi connectivity index (χ3n) is 3.71. The summed E-state index contributed by atoms with van der Waals surface area (Å²) in [6, 6.07) is 13.7. The monoisotopic (exact) mass is 339 g/mol. The van der Waals surface area contributed by atoms with Crippen molar-refractivity contribution in [3.05, 3.63) is 70.6 Å². The molecule has 6 nitrogen and oxygen atoms in total. The number of imide groups is 1. The van der Waals surface area contributed by atoms with Crippen LogP contribution >= 0.6 is 11.6 Å². The van der Waals surface area contributed by atoms with E-state index < -0.39 is 0 Å². The fourth-order valence-electron chi connectivity index (χ4n) is 2.57. The van der Waals surface area contributed by atoms with Crippen LogP contribution in [0.1, 0.15) is 26.6 Å². The summed E-state index contributed by atoms with van der Waals surface area (Å²) in [4.78, 5) is 25.8. The lowest BCUT2D eigenvalue weighted by molar-refractivity contribution is 0.0629. The molecule has 1 aliphatic heterocycles. The molecule has 0 saturated carbocycles. The fraction of sp³-hybridized carbons (Fsp3) is 0.0588. The van der Waals surface area contributed by atoms with Gasteiger partial charge >= 0.3 is 0 Å². The number of benzene rings is 2. The highest BCUT2D eigenvalue weighted by molar-refractivity contribution is 6.30. The number of hydrogen-bond donors (Lipinski definition) is 0. The lowest BCUT2D eigenvalue weighted by atomic mass is 10.1. The van der Waals surface area contributed by atoms with Crippen LogP contribution < -0.4 is 0 Å². The van der Waals surface area contributed by atoms with Gasteiger partial charge < -0.3 is 4.42 Å². The number of amides is 2. The second-order valence-corrected chi connectivity index (χ2v) is 5.69. The first-order valence-electron chi connectivity index (χ1n) is 7.17. The Morgan fingerprint density at radius 1 is 0.958 bits per heavy atom. The maximum Gasteiger partial charge on any atom is 0.262 e. The molecule has 0 N–H and O–H groups in total. The molecule has 0 radical (unpaired) electrons. The molecule has 24 heavy (non-hydrogen) atoms. The average Bonchev–Trinajstić information content (AvgIpc) is 3.15. The minimum Gasteiger partial charge on any atom is -0.419 e. The molecular weight excluding hydrogens is 330 g/mol. The van der Waals surface area contributed by atoms with Crippen LogP contribution in [-0.4, -0.2) is 26.9 Å². The van der Waals surface area contributed by atoms with Gasteiger partial charge in [-0.05, 0) is 30.3 Å². The van der Waals surface area contributed by atoms with Gasteiger partial charge in [0.05, 0.1) is 11.1 Å². The number of nitrogens with zero attached hydrogens (tertiary/aromatic N) is 3. The van der Waals surface area contributed by atoms with Crippen LogP contribution in [-0.2, 0) is 6.54 Å². The van der Waals surface area contributed by atoms with Crippen LogP contribution in [0.3, 0.4) is 0 Å². The Kier molecular flexibility index (Phi) is 3.39. The Morgan fingerprint density at radius 2 is 1.67 bits per heavy atom. The van der Waals surface area contributed by atoms with E-state index in [1.165, 1.54) is 0 Å². The van der Waals surface area contributed by atoms with Gasteiger partial charge in [-0.25, -0.2) is 0 Å². The molecule has 4 rings (SSSR count). The molecule has 0 unspecified atom stereocenters. The Balaban J connectivity index is 1.59. The zero-order chi connectivity index (χ0) is 16.7. The van der Waals surface area contributed by atoms with E-state index in [1.54, 1.807) is 48.5 Å². The van der Waals surface area contributed by atoms with E-state index in [1.807, 2.05) is 0 Å². The fourth-order valence-corrected chi connectivity index (χ4v) is 2.76. The van der Waals surface area contributed by atoms with Crippen molar-refractivity contribution >= 4 is 23.4 Å². The molecule has 0 spiro atoms. The zero-order valence-electron chi connectivity index (χ0n) is 12.3. The lowest BCUT2D eigenvalue weighted by Crippen LogP contribution is -2.29. The third kappa shape index (κ3) is 2.37. The van der Waals surface area contributed by atoms with Crippen LogP contribution in [0, 0.1) is 0 Å². The van der Waals surface area contributed by atoms with Crippen molar-refractivity contribution in [3.8, 4) is 11.5 Å². The summed E-state index contributed by atoms with van der Waals surface area (Å²) in [5, 5.41) is 8.40. The first kappa shape index (κ1) is 14.6. The van der Waals surface area contributed by atoms with Gasteiger partial charge in [0.25, 0.3) is 11.8 Å². The van der Waals surface area contributed by atoms with E-state index in [9.17, 15) is 9.59 Å². The van der Waals surface area contributed by atoms with Gasteiger partial charge in [-0.2, -0.15) is 0 Å². The summed E-state index contributed by atoms with van der Waals surface area (Å²) < 4.78 is 5.56. The second kappa shape index (κ2) is 5.58. The topological polar surface area (TPSA) is 76.3 Å². The molecule has 0 saturated heterocycles. The molecule has 7 heteroatoms. The van der Waals surface area contributed by atoms with Gasteiger partial charge in [-0.15, -0.1) is 10.2 Å². The Labute approximate surface area is 141 Å². The smallest absolute Gasteiger partial charge is 0.262 e. The first-order valence-corrected chi connectivity index (χ1v) is 7.55. The highest BCUT2D eigenvalue weighted by atomic mass is 35.5. The van der Waals surface area contributed by atoms with Crippen molar-refractivity contribution in [2.75, 3.05) is 0 Å². The molecule has 0 atom stereocenters. The number of carbonyl (C=O) groups is 2. The van der Waals surface area contributed by atoms with Gasteiger partial charge in [0.1, 0.15) is 6.54 Å². The normalized spacial score (nSPS) is 13.5. The molecule has 3 aromatic rings. The number of halogens is 1. The van der Waals surface area contributed by atoms with Crippen molar-refractivity contribution in [2.24, 2.45) is 0 Å². The lowest BCUT2D eigenvalue weighted by Gasteiger charge is -2.10. The number of rotatable bonds is 3. The van der Waals surface area contributed by atoms with E-state index in [0.717, 1.165) is 4.90 Å². The van der Waals surface area contributed by atoms with E-state index in [2.05, 4.69) is 10.2 Å². The van der Waals surface area contributed by atoms with E-state index in [0.29, 0.717) is 21.7 Å². The maximum absolute atomic E-state index is 12.3. The van der Waals surface area contributed by atoms with E-state index >= 15 is 0 Å². The second-order valence-electron chi connectivity index (χ2n) is 5.25. The number of carbonyl (C=O) groups excluding carboxylic acids is 2. The van der Waals surface area contributed by atoms with Crippen LogP contribution in [0.25, 0.3) is 11.5 Å². The zero-order valence-corrected chi connectivity index (χ0v) is 13.0.